The molecule has 0 aliphatic rings. The number of hydrogen-bond acceptors (Lipinski definition) is 3. The Morgan fingerprint density at radius 1 is 1.38 bits per heavy atom. The maximum Gasteiger partial charge on any atom is 0.0701 e. The van der Waals surface area contributed by atoms with Gasteiger partial charge in [0.2, 0.25) is 0 Å². The molecule has 0 aliphatic carbocycles. The molecule has 1 unspecified atom stereocenters. The van der Waals surface area contributed by atoms with E-state index in [4.69, 9.17) is 0 Å². The van der Waals surface area contributed by atoms with Gasteiger partial charge in [-0.2, -0.15) is 0 Å². The van der Waals surface area contributed by atoms with Crippen molar-refractivity contribution in [3.63, 3.8) is 0 Å². The maximum atomic E-state index is 4.28. The average Bonchev–Trinajstić information content (AvgIpc) is 2.74. The Hall–Kier alpha value is -0.710. The van der Waals surface area contributed by atoms with E-state index < -0.39 is 0 Å². The van der Waals surface area contributed by atoms with Gasteiger partial charge in [0.25, 0.3) is 0 Å². The van der Waals surface area contributed by atoms with Crippen molar-refractivity contribution in [3.05, 3.63) is 50.9 Å². The van der Waals surface area contributed by atoms with E-state index in [2.05, 4.69) is 45.3 Å². The molecule has 0 saturated heterocycles. The number of thiophene rings is 1. The van der Waals surface area contributed by atoms with Gasteiger partial charge < -0.3 is 5.32 Å². The van der Waals surface area contributed by atoms with Crippen LogP contribution in [-0.2, 0) is 6.54 Å². The first-order valence-electron chi connectivity index (χ1n) is 5.14. The van der Waals surface area contributed by atoms with Crippen molar-refractivity contribution in [1.82, 2.24) is 10.3 Å². The van der Waals surface area contributed by atoms with Crippen molar-refractivity contribution in [2.24, 2.45) is 0 Å². The molecule has 0 fully saturated rings. The zero-order valence-corrected chi connectivity index (χ0v) is 11.4. The molecule has 16 heavy (non-hydrogen) atoms. The maximum absolute atomic E-state index is 4.28. The topological polar surface area (TPSA) is 24.9 Å². The summed E-state index contributed by atoms with van der Waals surface area (Å²) < 4.78 is 1.17. The summed E-state index contributed by atoms with van der Waals surface area (Å²) in [7, 11) is 0. The average molecular weight is 297 g/mol. The molecule has 2 rings (SSSR count). The van der Waals surface area contributed by atoms with Gasteiger partial charge in [0, 0.05) is 23.7 Å². The van der Waals surface area contributed by atoms with Crippen LogP contribution < -0.4 is 5.32 Å². The highest BCUT2D eigenvalue weighted by Gasteiger charge is 2.07. The molecule has 2 heterocycles. The fraction of sp³-hybridized carbons (Fsp3) is 0.250. The second-order valence-electron chi connectivity index (χ2n) is 3.57. The summed E-state index contributed by atoms with van der Waals surface area (Å²) in [6.07, 6.45) is 1.82. The predicted octanol–water partition coefficient (Wildman–Crippen LogP) is 3.76. The van der Waals surface area contributed by atoms with E-state index >= 15 is 0 Å². The molecule has 2 aromatic heterocycles. The minimum atomic E-state index is 0.360. The summed E-state index contributed by atoms with van der Waals surface area (Å²) in [5, 5.41) is 3.46. The fourth-order valence-corrected chi connectivity index (χ4v) is 2.87. The van der Waals surface area contributed by atoms with Crippen LogP contribution in [0.1, 0.15) is 23.5 Å². The minimum absolute atomic E-state index is 0.360. The van der Waals surface area contributed by atoms with Gasteiger partial charge in [-0.25, -0.2) is 0 Å². The summed E-state index contributed by atoms with van der Waals surface area (Å²) in [5.74, 6) is 0. The van der Waals surface area contributed by atoms with Crippen molar-refractivity contribution in [2.45, 2.75) is 19.5 Å². The fourth-order valence-electron chi connectivity index (χ4n) is 1.42. The molecule has 0 spiro atoms. The molecule has 0 aromatic carbocycles. The van der Waals surface area contributed by atoms with Crippen LogP contribution in [0.5, 0.6) is 0 Å². The monoisotopic (exact) mass is 296 g/mol. The van der Waals surface area contributed by atoms with Gasteiger partial charge in [-0.1, -0.05) is 6.07 Å². The van der Waals surface area contributed by atoms with Crippen LogP contribution in [0.15, 0.2) is 40.3 Å². The molecule has 4 heteroatoms. The second kappa shape index (κ2) is 5.57. The van der Waals surface area contributed by atoms with Crippen LogP contribution in [0.4, 0.5) is 0 Å². The molecular weight excluding hydrogens is 284 g/mol. The Kier molecular flexibility index (Phi) is 4.09. The largest absolute Gasteiger partial charge is 0.304 e. The van der Waals surface area contributed by atoms with E-state index in [1.54, 1.807) is 11.3 Å². The van der Waals surface area contributed by atoms with Gasteiger partial charge in [0.05, 0.1) is 9.48 Å². The van der Waals surface area contributed by atoms with Crippen molar-refractivity contribution >= 4 is 27.3 Å². The van der Waals surface area contributed by atoms with Crippen molar-refractivity contribution in [2.75, 3.05) is 0 Å². The summed E-state index contributed by atoms with van der Waals surface area (Å²) in [6.45, 7) is 2.97. The number of hydrogen-bond donors (Lipinski definition) is 1. The van der Waals surface area contributed by atoms with Gasteiger partial charge in [-0.15, -0.1) is 11.3 Å². The smallest absolute Gasteiger partial charge is 0.0701 e. The molecule has 0 radical (unpaired) electrons. The first-order chi connectivity index (χ1) is 7.75. The Morgan fingerprint density at radius 2 is 2.25 bits per heavy atom. The first-order valence-corrected chi connectivity index (χ1v) is 6.75. The lowest BCUT2D eigenvalue weighted by molar-refractivity contribution is 0.575. The van der Waals surface area contributed by atoms with Gasteiger partial charge in [0.15, 0.2) is 0 Å². The number of nitrogens with one attached hydrogen (secondary N) is 1. The zero-order chi connectivity index (χ0) is 11.4. The molecular formula is C12H13BrN2S. The second-order valence-corrected chi connectivity index (χ2v) is 6.06. The predicted molar refractivity (Wildman–Crippen MR) is 71.5 cm³/mol. The van der Waals surface area contributed by atoms with Crippen LogP contribution in [0, 0.1) is 0 Å². The molecule has 1 atom stereocenters. The van der Waals surface area contributed by atoms with Crippen molar-refractivity contribution in [3.8, 4) is 0 Å². The number of aromatic nitrogens is 1. The molecule has 0 bridgehead atoms. The molecule has 0 amide bonds. The lowest BCUT2D eigenvalue weighted by Gasteiger charge is -2.11. The van der Waals surface area contributed by atoms with Crippen molar-refractivity contribution < 1.29 is 0 Å². The lowest BCUT2D eigenvalue weighted by atomic mass is 10.2. The lowest BCUT2D eigenvalue weighted by Crippen LogP contribution is -2.17. The van der Waals surface area contributed by atoms with Crippen LogP contribution in [0.2, 0.25) is 0 Å². The van der Waals surface area contributed by atoms with Crippen LogP contribution >= 0.6 is 27.3 Å². The van der Waals surface area contributed by atoms with Crippen molar-refractivity contribution in [1.29, 1.82) is 0 Å². The third-order valence-corrected chi connectivity index (χ3v) is 4.14. The Labute approximate surface area is 108 Å². The van der Waals surface area contributed by atoms with E-state index in [1.807, 2.05) is 24.4 Å². The number of pyridine rings is 1. The molecule has 0 aliphatic heterocycles. The van der Waals surface area contributed by atoms with Gasteiger partial charge >= 0.3 is 0 Å². The molecule has 2 nitrogen and oxygen atoms in total. The summed E-state index contributed by atoms with van der Waals surface area (Å²) in [4.78, 5) is 5.62. The SMILES string of the molecule is CC(NCc1ccccn1)c1ccc(Br)s1. The highest BCUT2D eigenvalue weighted by molar-refractivity contribution is 9.11. The molecule has 0 saturated carbocycles. The number of nitrogens with zero attached hydrogens (tertiary/aromatic N) is 1. The summed E-state index contributed by atoms with van der Waals surface area (Å²) in [6, 6.07) is 10.6. The highest BCUT2D eigenvalue weighted by Crippen LogP contribution is 2.27. The summed E-state index contributed by atoms with van der Waals surface area (Å²) in [5.41, 5.74) is 1.07. The normalized spacial score (nSPS) is 12.6. The third-order valence-electron chi connectivity index (χ3n) is 2.34. The highest BCUT2D eigenvalue weighted by atomic mass is 79.9. The van der Waals surface area contributed by atoms with Crippen LogP contribution in [-0.4, -0.2) is 4.98 Å². The Balaban J connectivity index is 1.91. The molecule has 1 N–H and O–H groups in total. The van der Waals surface area contributed by atoms with Crippen LogP contribution in [0.3, 0.4) is 0 Å². The third kappa shape index (κ3) is 3.14. The minimum Gasteiger partial charge on any atom is -0.304 e. The molecule has 2 aromatic rings. The number of halogens is 1. The van der Waals surface area contributed by atoms with E-state index in [-0.39, 0.29) is 0 Å². The van der Waals surface area contributed by atoms with E-state index in [0.29, 0.717) is 6.04 Å². The van der Waals surface area contributed by atoms with Gasteiger partial charge in [-0.3, -0.25) is 4.98 Å². The van der Waals surface area contributed by atoms with Crippen LogP contribution in [0.25, 0.3) is 0 Å². The summed E-state index contributed by atoms with van der Waals surface area (Å²) >= 11 is 5.24. The number of rotatable bonds is 4. The van der Waals surface area contributed by atoms with E-state index in [0.717, 1.165) is 12.2 Å². The Morgan fingerprint density at radius 3 is 2.88 bits per heavy atom. The molecule has 84 valence electrons. The zero-order valence-electron chi connectivity index (χ0n) is 8.98. The van der Waals surface area contributed by atoms with E-state index in [9.17, 15) is 0 Å². The first kappa shape index (κ1) is 11.8. The van der Waals surface area contributed by atoms with Gasteiger partial charge in [0.1, 0.15) is 0 Å². The van der Waals surface area contributed by atoms with Gasteiger partial charge in [-0.05, 0) is 47.1 Å². The standard InChI is InChI=1S/C12H13BrN2S/c1-9(11-5-6-12(13)16-11)15-8-10-4-2-3-7-14-10/h2-7,9,15H,8H2,1H3. The Bertz CT molecular complexity index is 441. The van der Waals surface area contributed by atoms with E-state index in [1.165, 1.54) is 8.66 Å². The quantitative estimate of drug-likeness (QED) is 0.929.